The van der Waals surface area contributed by atoms with Gasteiger partial charge in [-0.3, -0.25) is 9.79 Å². The molecule has 1 aliphatic heterocycles. The summed E-state index contributed by atoms with van der Waals surface area (Å²) in [6.07, 6.45) is 3.02. The Morgan fingerprint density at radius 2 is 2.15 bits per heavy atom. The van der Waals surface area contributed by atoms with Crippen molar-refractivity contribution in [2.24, 2.45) is 4.99 Å². The normalized spacial score (nSPS) is 16.7. The van der Waals surface area contributed by atoms with Gasteiger partial charge >= 0.3 is 0 Å². The minimum Gasteiger partial charge on any atom is -0.356 e. The first-order chi connectivity index (χ1) is 12.1. The van der Waals surface area contributed by atoms with Gasteiger partial charge in [0.1, 0.15) is 0 Å². The SMILES string of the molecule is CN=C(NCCC(=O)N(C)Cc1ccccc1Br)NCC1CCCS1.I. The fourth-order valence-electron chi connectivity index (χ4n) is 2.69. The van der Waals surface area contributed by atoms with Gasteiger partial charge in [0, 0.05) is 49.9 Å². The first-order valence-corrected chi connectivity index (χ1v) is 10.5. The predicted octanol–water partition coefficient (Wildman–Crippen LogP) is 3.48. The lowest BCUT2D eigenvalue weighted by atomic mass is 10.2. The molecule has 2 rings (SSSR count). The zero-order valence-electron chi connectivity index (χ0n) is 15.3. The van der Waals surface area contributed by atoms with Crippen molar-refractivity contribution in [3.05, 3.63) is 34.3 Å². The van der Waals surface area contributed by atoms with Gasteiger partial charge in [-0.2, -0.15) is 11.8 Å². The second-order valence-electron chi connectivity index (χ2n) is 6.11. The van der Waals surface area contributed by atoms with Gasteiger partial charge in [0.15, 0.2) is 5.96 Å². The van der Waals surface area contributed by atoms with E-state index in [0.29, 0.717) is 24.8 Å². The molecule has 1 fully saturated rings. The zero-order chi connectivity index (χ0) is 18.1. The van der Waals surface area contributed by atoms with E-state index in [4.69, 9.17) is 0 Å². The Balaban J connectivity index is 0.00000338. The lowest BCUT2D eigenvalue weighted by molar-refractivity contribution is -0.130. The fourth-order valence-corrected chi connectivity index (χ4v) is 4.30. The van der Waals surface area contributed by atoms with Crippen LogP contribution >= 0.6 is 51.7 Å². The third kappa shape index (κ3) is 8.04. The average Bonchev–Trinajstić information content (AvgIpc) is 3.13. The number of amides is 1. The number of nitrogens with one attached hydrogen (secondary N) is 2. The van der Waals surface area contributed by atoms with Crippen LogP contribution in [0.3, 0.4) is 0 Å². The van der Waals surface area contributed by atoms with Crippen LogP contribution in [0.25, 0.3) is 0 Å². The number of rotatable bonds is 7. The van der Waals surface area contributed by atoms with E-state index in [9.17, 15) is 4.79 Å². The maximum Gasteiger partial charge on any atom is 0.224 e. The Hall–Kier alpha value is -0.480. The van der Waals surface area contributed by atoms with E-state index in [1.165, 1.54) is 18.6 Å². The maximum absolute atomic E-state index is 12.3. The van der Waals surface area contributed by atoms with Crippen LogP contribution in [0.5, 0.6) is 0 Å². The summed E-state index contributed by atoms with van der Waals surface area (Å²) in [6.45, 7) is 2.11. The highest BCUT2D eigenvalue weighted by Gasteiger charge is 2.16. The monoisotopic (exact) mass is 554 g/mol. The topological polar surface area (TPSA) is 56.7 Å². The van der Waals surface area contributed by atoms with E-state index in [0.717, 1.165) is 22.5 Å². The van der Waals surface area contributed by atoms with Crippen molar-refractivity contribution in [2.45, 2.75) is 31.1 Å². The number of hydrogen-bond donors (Lipinski definition) is 2. The molecular weight excluding hydrogens is 527 g/mol. The van der Waals surface area contributed by atoms with E-state index in [1.54, 1.807) is 11.9 Å². The van der Waals surface area contributed by atoms with Gasteiger partial charge in [0.2, 0.25) is 5.91 Å². The molecule has 0 spiro atoms. The Bertz CT molecular complexity index is 596. The van der Waals surface area contributed by atoms with E-state index in [-0.39, 0.29) is 29.9 Å². The number of thioether (sulfide) groups is 1. The molecule has 1 heterocycles. The summed E-state index contributed by atoms with van der Waals surface area (Å²) in [5, 5.41) is 7.25. The number of carbonyl (C=O) groups excluding carboxylic acids is 1. The summed E-state index contributed by atoms with van der Waals surface area (Å²) in [4.78, 5) is 18.3. The van der Waals surface area contributed by atoms with Gasteiger partial charge in [0.05, 0.1) is 0 Å². The van der Waals surface area contributed by atoms with Crippen LogP contribution in [0.15, 0.2) is 33.7 Å². The highest BCUT2D eigenvalue weighted by Crippen LogP contribution is 2.25. The minimum absolute atomic E-state index is 0. The van der Waals surface area contributed by atoms with E-state index in [1.807, 2.05) is 43.1 Å². The van der Waals surface area contributed by atoms with Crippen molar-refractivity contribution in [1.29, 1.82) is 0 Å². The standard InChI is InChI=1S/C18H27BrN4OS.HI/c1-20-18(22-12-15-7-5-11-25-15)21-10-9-17(24)23(2)13-14-6-3-4-8-16(14)19;/h3-4,6,8,15H,5,7,9-13H2,1-2H3,(H2,20,21,22);1H. The highest BCUT2D eigenvalue weighted by atomic mass is 127. The molecule has 0 radical (unpaired) electrons. The van der Waals surface area contributed by atoms with Gasteiger partial charge in [-0.25, -0.2) is 0 Å². The molecule has 0 aliphatic carbocycles. The molecule has 1 aromatic carbocycles. The molecule has 0 bridgehead atoms. The number of aliphatic imine (C=N–C) groups is 1. The van der Waals surface area contributed by atoms with Gasteiger partial charge in [0.25, 0.3) is 0 Å². The molecule has 5 nitrogen and oxygen atoms in total. The molecule has 1 atom stereocenters. The molecule has 1 unspecified atom stereocenters. The van der Waals surface area contributed by atoms with Crippen molar-refractivity contribution >= 4 is 63.5 Å². The van der Waals surface area contributed by atoms with Crippen LogP contribution in [0, 0.1) is 0 Å². The van der Waals surface area contributed by atoms with Crippen molar-refractivity contribution in [1.82, 2.24) is 15.5 Å². The molecule has 1 aliphatic rings. The summed E-state index contributed by atoms with van der Waals surface area (Å²) < 4.78 is 1.03. The number of guanidine groups is 1. The van der Waals surface area contributed by atoms with Crippen LogP contribution < -0.4 is 10.6 Å². The molecule has 0 aromatic heterocycles. The third-order valence-corrected chi connectivity index (χ3v) is 6.34. The van der Waals surface area contributed by atoms with Crippen molar-refractivity contribution < 1.29 is 4.79 Å². The molecule has 146 valence electrons. The van der Waals surface area contributed by atoms with Crippen molar-refractivity contribution in [3.63, 3.8) is 0 Å². The number of carbonyl (C=O) groups is 1. The van der Waals surface area contributed by atoms with Crippen LogP contribution in [0.2, 0.25) is 0 Å². The Morgan fingerprint density at radius 1 is 1.38 bits per heavy atom. The Labute approximate surface area is 186 Å². The average molecular weight is 555 g/mol. The molecule has 1 saturated heterocycles. The minimum atomic E-state index is 0. The second kappa shape index (κ2) is 12.8. The van der Waals surface area contributed by atoms with Crippen LogP contribution in [-0.4, -0.2) is 55.0 Å². The smallest absolute Gasteiger partial charge is 0.224 e. The third-order valence-electron chi connectivity index (χ3n) is 4.17. The summed E-state index contributed by atoms with van der Waals surface area (Å²) in [7, 11) is 3.60. The van der Waals surface area contributed by atoms with E-state index in [2.05, 4.69) is 31.6 Å². The quantitative estimate of drug-likeness (QED) is 0.308. The summed E-state index contributed by atoms with van der Waals surface area (Å²) >= 11 is 5.54. The molecule has 2 N–H and O–H groups in total. The lowest BCUT2D eigenvalue weighted by Gasteiger charge is -2.19. The van der Waals surface area contributed by atoms with Gasteiger partial charge < -0.3 is 15.5 Å². The van der Waals surface area contributed by atoms with Crippen LogP contribution in [0.1, 0.15) is 24.8 Å². The predicted molar refractivity (Wildman–Crippen MR) is 125 cm³/mol. The van der Waals surface area contributed by atoms with Gasteiger partial charge in [-0.1, -0.05) is 34.1 Å². The molecule has 8 heteroatoms. The number of hydrogen-bond acceptors (Lipinski definition) is 3. The Morgan fingerprint density at radius 3 is 2.81 bits per heavy atom. The summed E-state index contributed by atoms with van der Waals surface area (Å²) in [6, 6.07) is 7.98. The number of nitrogens with zero attached hydrogens (tertiary/aromatic N) is 2. The van der Waals surface area contributed by atoms with Gasteiger partial charge in [-0.15, -0.1) is 24.0 Å². The van der Waals surface area contributed by atoms with Crippen molar-refractivity contribution in [2.75, 3.05) is 32.9 Å². The van der Waals surface area contributed by atoms with E-state index < -0.39 is 0 Å². The number of benzene rings is 1. The van der Waals surface area contributed by atoms with Crippen LogP contribution in [-0.2, 0) is 11.3 Å². The lowest BCUT2D eigenvalue weighted by Crippen LogP contribution is -2.41. The van der Waals surface area contributed by atoms with Gasteiger partial charge in [-0.05, 0) is 30.2 Å². The molecule has 1 amide bonds. The largest absolute Gasteiger partial charge is 0.356 e. The first kappa shape index (κ1) is 23.6. The summed E-state index contributed by atoms with van der Waals surface area (Å²) in [5.74, 6) is 2.15. The Kier molecular flexibility index (Phi) is 11.6. The molecule has 0 saturated carbocycles. The fraction of sp³-hybridized carbons (Fsp3) is 0.556. The van der Waals surface area contributed by atoms with E-state index >= 15 is 0 Å². The summed E-state index contributed by atoms with van der Waals surface area (Å²) in [5.41, 5.74) is 1.11. The molecule has 26 heavy (non-hydrogen) atoms. The molecule has 1 aromatic rings. The van der Waals surface area contributed by atoms with Crippen LogP contribution in [0.4, 0.5) is 0 Å². The second-order valence-corrected chi connectivity index (χ2v) is 8.37. The molecular formula is C18H28BrIN4OS. The zero-order valence-corrected chi connectivity index (χ0v) is 20.1. The highest BCUT2D eigenvalue weighted by molar-refractivity contribution is 14.0. The first-order valence-electron chi connectivity index (χ1n) is 8.63. The maximum atomic E-state index is 12.3. The van der Waals surface area contributed by atoms with Crippen molar-refractivity contribution in [3.8, 4) is 0 Å². The number of halogens is 2.